The first kappa shape index (κ1) is 19.9. The molecule has 0 radical (unpaired) electrons. The maximum absolute atomic E-state index is 12.4. The van der Waals surface area contributed by atoms with Crippen molar-refractivity contribution in [3.63, 3.8) is 0 Å². The molecule has 1 N–H and O–H groups in total. The van der Waals surface area contributed by atoms with Gasteiger partial charge in [0.2, 0.25) is 5.91 Å². The zero-order chi connectivity index (χ0) is 20.3. The van der Waals surface area contributed by atoms with Gasteiger partial charge in [-0.15, -0.1) is 0 Å². The molecule has 0 aliphatic rings. The lowest BCUT2D eigenvalue weighted by molar-refractivity contribution is -0.129. The fourth-order valence-electron chi connectivity index (χ4n) is 3.10. The van der Waals surface area contributed by atoms with Crippen molar-refractivity contribution in [3.8, 4) is 5.75 Å². The van der Waals surface area contributed by atoms with Gasteiger partial charge in [-0.2, -0.15) is 0 Å². The minimum absolute atomic E-state index is 0.00904. The highest BCUT2D eigenvalue weighted by atomic mass is 16.5. The van der Waals surface area contributed by atoms with Gasteiger partial charge in [-0.25, -0.2) is 4.98 Å². The molecule has 0 spiro atoms. The Kier molecular flexibility index (Phi) is 5.73. The predicted molar refractivity (Wildman–Crippen MR) is 112 cm³/mol. The van der Waals surface area contributed by atoms with E-state index in [1.165, 1.54) is 0 Å². The molecule has 0 saturated heterocycles. The Morgan fingerprint density at radius 2 is 1.82 bits per heavy atom. The number of rotatable bonds is 6. The number of benzene rings is 2. The third kappa shape index (κ3) is 4.35. The minimum atomic E-state index is -0.445. The topological polar surface area (TPSA) is 56.1 Å². The molecule has 5 heteroatoms. The first-order valence-electron chi connectivity index (χ1n) is 9.72. The van der Waals surface area contributed by atoms with Crippen molar-refractivity contribution in [1.82, 2.24) is 14.9 Å². The number of imidazole rings is 1. The van der Waals surface area contributed by atoms with Gasteiger partial charge in [0.05, 0.1) is 23.6 Å². The lowest BCUT2D eigenvalue weighted by atomic mass is 9.95. The first-order chi connectivity index (χ1) is 13.3. The highest BCUT2D eigenvalue weighted by Crippen LogP contribution is 2.23. The number of para-hydroxylation sites is 3. The van der Waals surface area contributed by atoms with Crippen molar-refractivity contribution in [2.24, 2.45) is 5.41 Å². The Balaban J connectivity index is 1.83. The molecule has 0 saturated carbocycles. The molecule has 1 atom stereocenters. The molecule has 0 fully saturated rings. The SMILES string of the molecule is Cc1ccccc1OCCn1c(C(C)NC(=O)C(C)(C)C)nc2ccccc21. The summed E-state index contributed by atoms with van der Waals surface area (Å²) in [5.41, 5.74) is 2.64. The van der Waals surface area contributed by atoms with Crippen LogP contribution in [0.2, 0.25) is 0 Å². The van der Waals surface area contributed by atoms with Crippen molar-refractivity contribution in [2.45, 2.75) is 47.2 Å². The van der Waals surface area contributed by atoms with Crippen molar-refractivity contribution < 1.29 is 9.53 Å². The largest absolute Gasteiger partial charge is 0.491 e. The standard InChI is InChI=1S/C23H29N3O2/c1-16-10-6-9-13-20(16)28-15-14-26-19-12-8-7-11-18(19)25-21(26)17(2)24-22(27)23(3,4)5/h6-13,17H,14-15H2,1-5H3,(H,24,27). The molecule has 1 unspecified atom stereocenters. The minimum Gasteiger partial charge on any atom is -0.491 e. The number of amides is 1. The van der Waals surface area contributed by atoms with Gasteiger partial charge in [-0.3, -0.25) is 4.79 Å². The number of hydrogen-bond acceptors (Lipinski definition) is 3. The van der Waals surface area contributed by atoms with Gasteiger partial charge >= 0.3 is 0 Å². The quantitative estimate of drug-likeness (QED) is 0.678. The maximum atomic E-state index is 12.4. The summed E-state index contributed by atoms with van der Waals surface area (Å²) < 4.78 is 8.13. The van der Waals surface area contributed by atoms with Crippen LogP contribution in [0.3, 0.4) is 0 Å². The molecule has 148 valence electrons. The maximum Gasteiger partial charge on any atom is 0.225 e. The van der Waals surface area contributed by atoms with Crippen LogP contribution in [0.25, 0.3) is 11.0 Å². The second-order valence-electron chi connectivity index (χ2n) is 8.17. The van der Waals surface area contributed by atoms with Crippen molar-refractivity contribution in [3.05, 3.63) is 59.9 Å². The fraction of sp³-hybridized carbons (Fsp3) is 0.391. The summed E-state index contributed by atoms with van der Waals surface area (Å²) in [6.07, 6.45) is 0. The van der Waals surface area contributed by atoms with E-state index in [0.29, 0.717) is 13.2 Å². The number of nitrogens with one attached hydrogen (secondary N) is 1. The van der Waals surface area contributed by atoms with E-state index in [0.717, 1.165) is 28.2 Å². The second-order valence-corrected chi connectivity index (χ2v) is 8.17. The summed E-state index contributed by atoms with van der Waals surface area (Å²) in [6, 6.07) is 15.8. The number of nitrogens with zero attached hydrogens (tertiary/aromatic N) is 2. The van der Waals surface area contributed by atoms with Crippen LogP contribution in [0.5, 0.6) is 5.75 Å². The molecular formula is C23H29N3O2. The van der Waals surface area contributed by atoms with Crippen LogP contribution in [-0.4, -0.2) is 22.1 Å². The Bertz CT molecular complexity index is 969. The summed E-state index contributed by atoms with van der Waals surface area (Å²) in [5, 5.41) is 3.09. The Morgan fingerprint density at radius 3 is 2.54 bits per heavy atom. The van der Waals surface area contributed by atoms with Crippen LogP contribution >= 0.6 is 0 Å². The smallest absolute Gasteiger partial charge is 0.225 e. The summed E-state index contributed by atoms with van der Waals surface area (Å²) in [7, 11) is 0. The third-order valence-electron chi connectivity index (χ3n) is 4.77. The van der Waals surface area contributed by atoms with Crippen molar-refractivity contribution >= 4 is 16.9 Å². The summed E-state index contributed by atoms with van der Waals surface area (Å²) in [6.45, 7) is 10.9. The molecule has 0 bridgehead atoms. The van der Waals surface area contributed by atoms with Gasteiger partial charge in [-0.05, 0) is 37.6 Å². The highest BCUT2D eigenvalue weighted by Gasteiger charge is 2.25. The Morgan fingerprint density at radius 1 is 1.14 bits per heavy atom. The van der Waals surface area contributed by atoms with E-state index in [1.54, 1.807) is 0 Å². The van der Waals surface area contributed by atoms with Crippen LogP contribution in [0.4, 0.5) is 0 Å². The van der Waals surface area contributed by atoms with Crippen molar-refractivity contribution in [2.75, 3.05) is 6.61 Å². The van der Waals surface area contributed by atoms with Gasteiger partial charge in [0.25, 0.3) is 0 Å². The molecule has 3 rings (SSSR count). The van der Waals surface area contributed by atoms with Gasteiger partial charge in [0.15, 0.2) is 0 Å². The van der Waals surface area contributed by atoms with E-state index in [2.05, 4.69) is 16.0 Å². The van der Waals surface area contributed by atoms with Gasteiger partial charge in [0, 0.05) is 5.41 Å². The summed E-state index contributed by atoms with van der Waals surface area (Å²) in [5.74, 6) is 1.74. The Hall–Kier alpha value is -2.82. The van der Waals surface area contributed by atoms with Crippen LogP contribution in [-0.2, 0) is 11.3 Å². The Labute approximate surface area is 166 Å². The number of aryl methyl sites for hydroxylation is 1. The highest BCUT2D eigenvalue weighted by molar-refractivity contribution is 5.82. The van der Waals surface area contributed by atoms with E-state index in [9.17, 15) is 4.79 Å². The lowest BCUT2D eigenvalue weighted by Crippen LogP contribution is -2.37. The van der Waals surface area contributed by atoms with Crippen LogP contribution in [0.15, 0.2) is 48.5 Å². The fourth-order valence-corrected chi connectivity index (χ4v) is 3.10. The predicted octanol–water partition coefficient (Wildman–Crippen LogP) is 4.65. The van der Waals surface area contributed by atoms with Crippen LogP contribution < -0.4 is 10.1 Å². The third-order valence-corrected chi connectivity index (χ3v) is 4.77. The normalized spacial score (nSPS) is 12.8. The first-order valence-corrected chi connectivity index (χ1v) is 9.72. The molecule has 28 heavy (non-hydrogen) atoms. The molecule has 1 heterocycles. The van der Waals surface area contributed by atoms with E-state index in [4.69, 9.17) is 9.72 Å². The van der Waals surface area contributed by atoms with Crippen LogP contribution in [0, 0.1) is 12.3 Å². The summed E-state index contributed by atoms with van der Waals surface area (Å²) >= 11 is 0. The second kappa shape index (κ2) is 8.05. The molecule has 3 aromatic rings. The van der Waals surface area contributed by atoms with E-state index < -0.39 is 5.41 Å². The van der Waals surface area contributed by atoms with Crippen molar-refractivity contribution in [1.29, 1.82) is 0 Å². The van der Waals surface area contributed by atoms with E-state index in [-0.39, 0.29) is 11.9 Å². The average molecular weight is 380 g/mol. The van der Waals surface area contributed by atoms with E-state index in [1.807, 2.05) is 77.1 Å². The summed E-state index contributed by atoms with van der Waals surface area (Å²) in [4.78, 5) is 17.2. The number of fused-ring (bicyclic) bond motifs is 1. The molecule has 1 amide bonds. The molecule has 0 aliphatic carbocycles. The van der Waals surface area contributed by atoms with Crippen LogP contribution in [0.1, 0.15) is 45.1 Å². The molecule has 5 nitrogen and oxygen atoms in total. The van der Waals surface area contributed by atoms with Gasteiger partial charge < -0.3 is 14.6 Å². The molecule has 2 aromatic carbocycles. The number of carbonyl (C=O) groups excluding carboxylic acids is 1. The number of hydrogen-bond donors (Lipinski definition) is 1. The monoisotopic (exact) mass is 379 g/mol. The van der Waals surface area contributed by atoms with Gasteiger partial charge in [0.1, 0.15) is 18.2 Å². The number of aromatic nitrogens is 2. The average Bonchev–Trinajstić information content (AvgIpc) is 3.01. The molecular weight excluding hydrogens is 350 g/mol. The lowest BCUT2D eigenvalue weighted by Gasteiger charge is -2.22. The zero-order valence-corrected chi connectivity index (χ0v) is 17.3. The number of carbonyl (C=O) groups is 1. The zero-order valence-electron chi connectivity index (χ0n) is 17.3. The van der Waals surface area contributed by atoms with E-state index >= 15 is 0 Å². The number of ether oxygens (including phenoxy) is 1. The molecule has 1 aromatic heterocycles. The van der Waals surface area contributed by atoms with Gasteiger partial charge in [-0.1, -0.05) is 51.1 Å². The molecule has 0 aliphatic heterocycles.